The molecular formula is C27H28F2N4O5. The fourth-order valence-electron chi connectivity index (χ4n) is 5.55. The van der Waals surface area contributed by atoms with Gasteiger partial charge in [0.05, 0.1) is 0 Å². The van der Waals surface area contributed by atoms with Crippen LogP contribution in [0, 0.1) is 11.6 Å². The summed E-state index contributed by atoms with van der Waals surface area (Å²) in [7, 11) is 1.58. The number of carbonyl (C=O) groups excluding carboxylic acids is 4. The van der Waals surface area contributed by atoms with E-state index >= 15 is 0 Å². The maximum Gasteiger partial charge on any atom is 0.324 e. The van der Waals surface area contributed by atoms with Crippen molar-refractivity contribution in [1.29, 1.82) is 0 Å². The molecule has 38 heavy (non-hydrogen) atoms. The zero-order valence-electron chi connectivity index (χ0n) is 21.1. The summed E-state index contributed by atoms with van der Waals surface area (Å²) in [6.07, 6.45) is 1.84. The Morgan fingerprint density at radius 1 is 1.11 bits per heavy atom. The highest BCUT2D eigenvalue weighted by Crippen LogP contribution is 2.38. The number of carbonyl (C=O) groups is 4. The summed E-state index contributed by atoms with van der Waals surface area (Å²) in [5.41, 5.74) is 0.291. The Balaban J connectivity index is 1.32. The first kappa shape index (κ1) is 25.8. The molecule has 2 N–H and O–H groups in total. The first-order chi connectivity index (χ1) is 18.0. The second kappa shape index (κ2) is 9.46. The van der Waals surface area contributed by atoms with E-state index in [1.807, 2.05) is 0 Å². The van der Waals surface area contributed by atoms with Crippen LogP contribution in [0.3, 0.4) is 0 Å². The summed E-state index contributed by atoms with van der Waals surface area (Å²) in [4.78, 5) is 53.6. The van der Waals surface area contributed by atoms with Crippen molar-refractivity contribution in [2.75, 3.05) is 25.5 Å². The molecule has 2 heterocycles. The number of benzene rings is 2. The molecule has 2 aromatic rings. The number of nitrogens with one attached hydrogen (secondary N) is 2. The number of halogens is 2. The Morgan fingerprint density at radius 3 is 2.45 bits per heavy atom. The molecule has 2 saturated heterocycles. The highest BCUT2D eigenvalue weighted by molar-refractivity contribution is 6.07. The Labute approximate surface area is 218 Å². The van der Waals surface area contributed by atoms with Crippen molar-refractivity contribution in [3.05, 3.63) is 64.7 Å². The number of anilines is 1. The van der Waals surface area contributed by atoms with E-state index in [-0.39, 0.29) is 24.6 Å². The first-order valence-electron chi connectivity index (χ1n) is 12.4. The van der Waals surface area contributed by atoms with E-state index in [2.05, 4.69) is 10.6 Å². The highest BCUT2D eigenvalue weighted by atomic mass is 19.1. The van der Waals surface area contributed by atoms with Crippen molar-refractivity contribution in [2.24, 2.45) is 0 Å². The molecule has 200 valence electrons. The van der Waals surface area contributed by atoms with E-state index in [1.165, 1.54) is 9.80 Å². The maximum absolute atomic E-state index is 13.8. The molecule has 0 saturated carbocycles. The Bertz CT molecular complexity index is 1320. The summed E-state index contributed by atoms with van der Waals surface area (Å²) >= 11 is 0. The number of fused-ring (bicyclic) bond motifs is 1. The minimum atomic E-state index is -1.13. The van der Waals surface area contributed by atoms with E-state index in [0.717, 1.165) is 29.3 Å². The number of urea groups is 1. The summed E-state index contributed by atoms with van der Waals surface area (Å²) in [5.74, 6) is -2.85. The summed E-state index contributed by atoms with van der Waals surface area (Å²) in [5, 5.41) is 5.13. The van der Waals surface area contributed by atoms with Crippen LogP contribution in [-0.4, -0.2) is 64.9 Å². The minimum Gasteiger partial charge on any atom is -0.365 e. The number of hydrogen-bond donors (Lipinski definition) is 2. The van der Waals surface area contributed by atoms with Crippen molar-refractivity contribution >= 4 is 29.4 Å². The molecule has 0 bridgehead atoms. The summed E-state index contributed by atoms with van der Waals surface area (Å²) in [6, 6.07) is 7.79. The monoisotopic (exact) mass is 526 g/mol. The molecule has 2 aliphatic heterocycles. The molecular weight excluding hydrogens is 498 g/mol. The van der Waals surface area contributed by atoms with E-state index < -0.39 is 40.6 Å². The van der Waals surface area contributed by atoms with Crippen molar-refractivity contribution in [3.63, 3.8) is 0 Å². The molecule has 9 nitrogen and oxygen atoms in total. The van der Waals surface area contributed by atoms with Gasteiger partial charge in [0.15, 0.2) is 0 Å². The molecule has 2 atom stereocenters. The molecule has 0 unspecified atom stereocenters. The molecule has 2 fully saturated rings. The van der Waals surface area contributed by atoms with E-state index in [1.54, 1.807) is 32.2 Å². The molecule has 5 rings (SSSR count). The second-order valence-corrected chi connectivity index (χ2v) is 10.4. The lowest BCUT2D eigenvalue weighted by Gasteiger charge is -2.31. The Kier molecular flexibility index (Phi) is 6.42. The van der Waals surface area contributed by atoms with Crippen molar-refractivity contribution in [2.45, 2.75) is 50.3 Å². The number of nitrogens with zero attached hydrogens (tertiary/aromatic N) is 2. The fourth-order valence-corrected chi connectivity index (χ4v) is 5.55. The van der Waals surface area contributed by atoms with Crippen LogP contribution in [0.5, 0.6) is 0 Å². The summed E-state index contributed by atoms with van der Waals surface area (Å²) < 4.78 is 33.3. The quantitative estimate of drug-likeness (QED) is 0.563. The molecule has 3 aliphatic rings. The number of likely N-dealkylation sites (N-methyl/N-ethyl adjacent to an activating group) is 1. The van der Waals surface area contributed by atoms with Gasteiger partial charge in [-0.05, 0) is 60.7 Å². The third kappa shape index (κ3) is 4.62. The number of amides is 5. The molecule has 11 heteroatoms. The van der Waals surface area contributed by atoms with Crippen LogP contribution >= 0.6 is 0 Å². The van der Waals surface area contributed by atoms with Crippen LogP contribution in [0.25, 0.3) is 0 Å². The van der Waals surface area contributed by atoms with Gasteiger partial charge in [0.2, 0.25) is 5.91 Å². The van der Waals surface area contributed by atoms with Crippen molar-refractivity contribution in [3.8, 4) is 0 Å². The predicted octanol–water partition coefficient (Wildman–Crippen LogP) is 2.52. The lowest BCUT2D eigenvalue weighted by atomic mass is 9.95. The fraction of sp³-hybridized carbons (Fsp3) is 0.407. The first-order valence-corrected chi connectivity index (χ1v) is 12.4. The lowest BCUT2D eigenvalue weighted by Crippen LogP contribution is -2.49. The van der Waals surface area contributed by atoms with Crippen LogP contribution in [-0.2, 0) is 38.5 Å². The SMILES string of the molecule is CN1C(=O)NC(=O)[C@@]12Cc1ccc(NC(=O)CN(Cc3cc(F)cc(F)c3)C(=O)[C@@]3(C)CCCO3)cc1C2. The summed E-state index contributed by atoms with van der Waals surface area (Å²) in [6.45, 7) is 1.52. The van der Waals surface area contributed by atoms with E-state index in [0.29, 0.717) is 38.0 Å². The van der Waals surface area contributed by atoms with Crippen LogP contribution in [0.15, 0.2) is 36.4 Å². The average molecular weight is 527 g/mol. The van der Waals surface area contributed by atoms with Crippen LogP contribution in [0.4, 0.5) is 19.3 Å². The topological polar surface area (TPSA) is 108 Å². The predicted molar refractivity (Wildman–Crippen MR) is 132 cm³/mol. The zero-order valence-corrected chi connectivity index (χ0v) is 21.1. The van der Waals surface area contributed by atoms with Crippen LogP contribution < -0.4 is 10.6 Å². The van der Waals surface area contributed by atoms with Gasteiger partial charge in [-0.3, -0.25) is 19.7 Å². The molecule has 1 aliphatic carbocycles. The third-order valence-corrected chi connectivity index (χ3v) is 7.63. The number of rotatable bonds is 6. The highest BCUT2D eigenvalue weighted by Gasteiger charge is 2.54. The largest absolute Gasteiger partial charge is 0.365 e. The molecule has 1 spiro atoms. The second-order valence-electron chi connectivity index (χ2n) is 10.4. The van der Waals surface area contributed by atoms with Gasteiger partial charge in [-0.2, -0.15) is 0 Å². The number of imide groups is 1. The van der Waals surface area contributed by atoms with Crippen molar-refractivity contribution in [1.82, 2.24) is 15.1 Å². The van der Waals surface area contributed by atoms with Gasteiger partial charge in [-0.25, -0.2) is 13.6 Å². The Morgan fingerprint density at radius 2 is 1.82 bits per heavy atom. The van der Waals surface area contributed by atoms with E-state index in [9.17, 15) is 28.0 Å². The van der Waals surface area contributed by atoms with Gasteiger partial charge in [-0.15, -0.1) is 0 Å². The van der Waals surface area contributed by atoms with Gasteiger partial charge >= 0.3 is 6.03 Å². The van der Waals surface area contributed by atoms with Crippen LogP contribution in [0.2, 0.25) is 0 Å². The Hall–Kier alpha value is -3.86. The molecule has 5 amide bonds. The van der Waals surface area contributed by atoms with Gasteiger partial charge in [0.1, 0.15) is 29.3 Å². The van der Waals surface area contributed by atoms with Gasteiger partial charge in [-0.1, -0.05) is 6.07 Å². The van der Waals surface area contributed by atoms with E-state index in [4.69, 9.17) is 4.74 Å². The smallest absolute Gasteiger partial charge is 0.324 e. The van der Waals surface area contributed by atoms with Crippen molar-refractivity contribution < 1.29 is 32.7 Å². The van der Waals surface area contributed by atoms with Gasteiger partial charge < -0.3 is 19.9 Å². The molecule has 0 aromatic heterocycles. The van der Waals surface area contributed by atoms with Gasteiger partial charge in [0.25, 0.3) is 11.8 Å². The minimum absolute atomic E-state index is 0.179. The third-order valence-electron chi connectivity index (χ3n) is 7.63. The normalized spacial score (nSPS) is 24.1. The van der Waals surface area contributed by atoms with Gasteiger partial charge in [0, 0.05) is 44.8 Å². The van der Waals surface area contributed by atoms with Crippen LogP contribution in [0.1, 0.15) is 36.5 Å². The number of ether oxygens (including phenoxy) is 1. The average Bonchev–Trinajstić information content (AvgIpc) is 3.51. The number of hydrogen-bond acceptors (Lipinski definition) is 5. The zero-order chi connectivity index (χ0) is 27.2. The molecule has 2 aromatic carbocycles. The molecule has 0 radical (unpaired) electrons. The standard InChI is InChI=1S/C27H28F2N4O5/c1-26(6-3-7-38-26)24(36)33(14-16-8-19(28)11-20(29)9-16)15-22(34)30-21-5-4-17-12-27(13-18(17)10-21)23(35)31-25(37)32(27)2/h4-5,8-11H,3,6-7,12-15H2,1-2H3,(H,30,34)(H,31,35,37)/t26-,27+/m1/s1. The lowest BCUT2D eigenvalue weighted by molar-refractivity contribution is -0.153. The maximum atomic E-state index is 13.8.